The Kier molecular flexibility index (Phi) is 2.36. The second kappa shape index (κ2) is 3.13. The molecule has 0 fully saturated rings. The molecule has 1 heterocycles. The van der Waals surface area contributed by atoms with E-state index in [9.17, 15) is 0 Å². The lowest BCUT2D eigenvalue weighted by Gasteiger charge is -1.97. The van der Waals surface area contributed by atoms with Gasteiger partial charge in [0, 0.05) is 12.5 Å². The third kappa shape index (κ3) is 1.17. The molecule has 0 bridgehead atoms. The molecule has 0 aliphatic carbocycles. The molecule has 0 saturated carbocycles. The topological polar surface area (TPSA) is 8.81 Å². The number of aromatic nitrogens is 2. The van der Waals surface area contributed by atoms with Gasteiger partial charge in [0.15, 0.2) is 7.05 Å². The lowest BCUT2D eigenvalue weighted by Crippen LogP contribution is -2.41. The second-order valence-corrected chi connectivity index (χ2v) is 3.19. The van der Waals surface area contributed by atoms with Crippen LogP contribution in [0.3, 0.4) is 0 Å². The van der Waals surface area contributed by atoms with Crippen LogP contribution in [0.5, 0.6) is 0 Å². The quantitative estimate of drug-likeness (QED) is 0.463. The number of rotatable bonds is 2. The Hall–Kier alpha value is -1.05. The van der Waals surface area contributed by atoms with Crippen LogP contribution in [0.2, 0.25) is 0 Å². The predicted molar refractivity (Wildman–Crippen MR) is 50.0 cm³/mol. The summed E-state index contributed by atoms with van der Waals surface area (Å²) in [7, 11) is 2.08. The van der Waals surface area contributed by atoms with Gasteiger partial charge in [-0.3, -0.25) is 0 Å². The van der Waals surface area contributed by atoms with Gasteiger partial charge in [0.05, 0.1) is 12.2 Å². The first-order valence-electron chi connectivity index (χ1n) is 4.23. The first-order chi connectivity index (χ1) is 5.59. The van der Waals surface area contributed by atoms with Gasteiger partial charge in [0.25, 0.3) is 0 Å². The molecule has 0 atom stereocenters. The van der Waals surface area contributed by atoms with E-state index in [-0.39, 0.29) is 0 Å². The summed E-state index contributed by atoms with van der Waals surface area (Å²) < 4.78 is 4.39. The molecule has 0 aromatic carbocycles. The summed E-state index contributed by atoms with van der Waals surface area (Å²) in [4.78, 5) is 0. The van der Waals surface area contributed by atoms with Crippen LogP contribution in [0, 0.1) is 20.8 Å². The maximum absolute atomic E-state index is 3.74. The van der Waals surface area contributed by atoms with E-state index in [0.29, 0.717) is 0 Å². The molecule has 0 amide bonds. The zero-order chi connectivity index (χ0) is 9.30. The van der Waals surface area contributed by atoms with E-state index < -0.39 is 0 Å². The molecule has 0 unspecified atom stereocenters. The van der Waals surface area contributed by atoms with Crippen molar-refractivity contribution in [3.8, 4) is 0 Å². The van der Waals surface area contributed by atoms with Crippen LogP contribution in [-0.4, -0.2) is 4.68 Å². The van der Waals surface area contributed by atoms with E-state index in [2.05, 4.69) is 43.8 Å². The van der Waals surface area contributed by atoms with Crippen molar-refractivity contribution in [3.05, 3.63) is 29.6 Å². The molecule has 0 saturated heterocycles. The largest absolute Gasteiger partial charge is 0.207 e. The third-order valence-corrected chi connectivity index (χ3v) is 2.62. The van der Waals surface area contributed by atoms with E-state index in [1.165, 1.54) is 17.0 Å². The molecule has 66 valence electrons. The molecule has 0 spiro atoms. The summed E-state index contributed by atoms with van der Waals surface area (Å²) in [5.74, 6) is 0. The van der Waals surface area contributed by atoms with Gasteiger partial charge in [-0.05, 0) is 13.8 Å². The van der Waals surface area contributed by atoms with Gasteiger partial charge >= 0.3 is 0 Å². The van der Waals surface area contributed by atoms with Gasteiger partial charge in [-0.25, -0.2) is 0 Å². The minimum Gasteiger partial charge on any atom is -0.154 e. The standard InChI is InChI=1S/C10H17N2/c1-6-7-12-10(4)8(2)9(3)11(12)5/h6H,1,7H2,2-5H3/q+1. The fraction of sp³-hybridized carbons (Fsp3) is 0.500. The van der Waals surface area contributed by atoms with Crippen LogP contribution in [0.1, 0.15) is 17.0 Å². The Morgan fingerprint density at radius 2 is 2.00 bits per heavy atom. The van der Waals surface area contributed by atoms with E-state index >= 15 is 0 Å². The lowest BCUT2D eigenvalue weighted by atomic mass is 10.2. The summed E-state index contributed by atoms with van der Waals surface area (Å²) in [6.45, 7) is 11.1. The zero-order valence-corrected chi connectivity index (χ0v) is 8.39. The molecular formula is C10H17N2+. The number of allylic oxidation sites excluding steroid dienone is 1. The normalized spacial score (nSPS) is 10.3. The Labute approximate surface area is 74.1 Å². The minimum absolute atomic E-state index is 0.886. The first kappa shape index (κ1) is 9.04. The smallest absolute Gasteiger partial charge is 0.154 e. The van der Waals surface area contributed by atoms with E-state index in [1.54, 1.807) is 0 Å². The molecule has 12 heavy (non-hydrogen) atoms. The molecule has 1 rings (SSSR count). The maximum atomic E-state index is 3.74. The van der Waals surface area contributed by atoms with Gasteiger partial charge in [-0.2, -0.15) is 4.68 Å². The monoisotopic (exact) mass is 165 g/mol. The lowest BCUT2D eigenvalue weighted by molar-refractivity contribution is -0.758. The summed E-state index contributed by atoms with van der Waals surface area (Å²) in [6, 6.07) is 0. The van der Waals surface area contributed by atoms with Crippen molar-refractivity contribution in [1.29, 1.82) is 0 Å². The van der Waals surface area contributed by atoms with Gasteiger partial charge in [-0.1, -0.05) is 6.08 Å². The van der Waals surface area contributed by atoms with Crippen molar-refractivity contribution < 1.29 is 4.68 Å². The molecule has 0 N–H and O–H groups in total. The van der Waals surface area contributed by atoms with Crippen molar-refractivity contribution >= 4 is 0 Å². The Morgan fingerprint density at radius 1 is 1.42 bits per heavy atom. The van der Waals surface area contributed by atoms with Gasteiger partial charge in [-0.15, -0.1) is 11.3 Å². The van der Waals surface area contributed by atoms with Gasteiger partial charge < -0.3 is 0 Å². The Bertz CT molecular complexity index is 283. The fourth-order valence-corrected chi connectivity index (χ4v) is 1.49. The van der Waals surface area contributed by atoms with E-state index in [1.807, 2.05) is 6.08 Å². The van der Waals surface area contributed by atoms with Crippen LogP contribution in [0.25, 0.3) is 0 Å². The van der Waals surface area contributed by atoms with Gasteiger partial charge in [0.1, 0.15) is 0 Å². The molecule has 2 heteroatoms. The highest BCUT2D eigenvalue weighted by Gasteiger charge is 2.16. The van der Waals surface area contributed by atoms with Crippen molar-refractivity contribution in [3.63, 3.8) is 0 Å². The molecule has 0 radical (unpaired) electrons. The third-order valence-electron chi connectivity index (χ3n) is 2.62. The second-order valence-electron chi connectivity index (χ2n) is 3.19. The minimum atomic E-state index is 0.886. The number of hydrogen-bond donors (Lipinski definition) is 0. The van der Waals surface area contributed by atoms with Crippen molar-refractivity contribution in [2.24, 2.45) is 7.05 Å². The van der Waals surface area contributed by atoms with Crippen LogP contribution in [-0.2, 0) is 13.6 Å². The van der Waals surface area contributed by atoms with Crippen molar-refractivity contribution in [2.75, 3.05) is 0 Å². The molecule has 1 aromatic rings. The summed E-state index contributed by atoms with van der Waals surface area (Å²) in [6.07, 6.45) is 1.92. The predicted octanol–water partition coefficient (Wildman–Crippen LogP) is 1.42. The highest BCUT2D eigenvalue weighted by Crippen LogP contribution is 2.08. The van der Waals surface area contributed by atoms with E-state index in [4.69, 9.17) is 0 Å². The summed E-state index contributed by atoms with van der Waals surface area (Å²) in [5.41, 5.74) is 4.03. The molecule has 0 aliphatic heterocycles. The highest BCUT2D eigenvalue weighted by atomic mass is 15.4. The van der Waals surface area contributed by atoms with Crippen LogP contribution in [0.15, 0.2) is 12.7 Å². The average Bonchev–Trinajstić information content (AvgIpc) is 2.23. The number of hydrogen-bond acceptors (Lipinski definition) is 0. The molecular weight excluding hydrogens is 148 g/mol. The Morgan fingerprint density at radius 3 is 2.33 bits per heavy atom. The number of nitrogens with zero attached hydrogens (tertiary/aromatic N) is 2. The van der Waals surface area contributed by atoms with Crippen LogP contribution >= 0.6 is 0 Å². The van der Waals surface area contributed by atoms with Crippen molar-refractivity contribution in [2.45, 2.75) is 27.3 Å². The first-order valence-corrected chi connectivity index (χ1v) is 4.23. The van der Waals surface area contributed by atoms with Crippen molar-refractivity contribution in [1.82, 2.24) is 4.68 Å². The van der Waals surface area contributed by atoms with Crippen LogP contribution in [0.4, 0.5) is 0 Å². The van der Waals surface area contributed by atoms with Gasteiger partial charge in [0.2, 0.25) is 5.69 Å². The zero-order valence-electron chi connectivity index (χ0n) is 8.39. The summed E-state index contributed by atoms with van der Waals surface area (Å²) in [5, 5.41) is 0. The molecule has 1 aromatic heterocycles. The average molecular weight is 165 g/mol. The van der Waals surface area contributed by atoms with Crippen LogP contribution < -0.4 is 4.68 Å². The maximum Gasteiger partial charge on any atom is 0.207 e. The SMILES string of the molecule is C=CCn1c(C)c(C)c(C)[n+]1C. The highest BCUT2D eigenvalue weighted by molar-refractivity contribution is 5.18. The van der Waals surface area contributed by atoms with E-state index in [0.717, 1.165) is 6.54 Å². The fourth-order valence-electron chi connectivity index (χ4n) is 1.49. The summed E-state index contributed by atoms with van der Waals surface area (Å²) >= 11 is 0. The molecule has 0 aliphatic rings. The Balaban J connectivity index is 3.27. The molecule has 2 nitrogen and oxygen atoms in total.